The standard InChI is InChI=1S/C22H24N2O5S/c1-27-14-6-4-13(5-7-14)10-11-23-20(25)16-12-30-22-15-8-9-17(28-2)19(29-3)18(15)21(26)24(16)22/h4-9,16,22H,10-12H2,1-3H3,(H,23,25). The number of methoxy groups -OCH3 is 3. The quantitative estimate of drug-likeness (QED) is 0.731. The van der Waals surface area contributed by atoms with Crippen molar-refractivity contribution in [1.29, 1.82) is 0 Å². The van der Waals surface area contributed by atoms with Crippen LogP contribution >= 0.6 is 11.8 Å². The SMILES string of the molecule is COc1ccc(CCNC(=O)C2CSC3c4ccc(OC)c(OC)c4C(=O)N23)cc1. The molecule has 158 valence electrons. The van der Waals surface area contributed by atoms with Gasteiger partial charge in [-0.3, -0.25) is 9.59 Å². The molecule has 7 nitrogen and oxygen atoms in total. The molecule has 2 unspecified atom stereocenters. The number of benzene rings is 2. The third-order valence-corrected chi connectivity index (χ3v) is 6.77. The number of rotatable bonds is 7. The molecule has 2 heterocycles. The van der Waals surface area contributed by atoms with E-state index in [-0.39, 0.29) is 17.2 Å². The molecule has 2 amide bonds. The minimum absolute atomic E-state index is 0.134. The lowest BCUT2D eigenvalue weighted by atomic mass is 10.1. The van der Waals surface area contributed by atoms with Crippen molar-refractivity contribution in [1.82, 2.24) is 10.2 Å². The summed E-state index contributed by atoms with van der Waals surface area (Å²) in [5.74, 6) is 1.98. The number of carbonyl (C=O) groups excluding carboxylic acids is 2. The molecule has 8 heteroatoms. The van der Waals surface area contributed by atoms with Gasteiger partial charge in [0.05, 0.1) is 26.9 Å². The van der Waals surface area contributed by atoms with Gasteiger partial charge in [-0.15, -0.1) is 11.8 Å². The number of fused-ring (bicyclic) bond motifs is 3. The van der Waals surface area contributed by atoms with Gasteiger partial charge in [0.2, 0.25) is 5.91 Å². The number of amides is 2. The first-order valence-electron chi connectivity index (χ1n) is 9.68. The molecule has 0 aromatic heterocycles. The summed E-state index contributed by atoms with van der Waals surface area (Å²) >= 11 is 1.60. The molecule has 30 heavy (non-hydrogen) atoms. The number of carbonyl (C=O) groups is 2. The maximum atomic E-state index is 13.2. The highest BCUT2D eigenvalue weighted by molar-refractivity contribution is 7.99. The smallest absolute Gasteiger partial charge is 0.260 e. The Labute approximate surface area is 179 Å². The largest absolute Gasteiger partial charge is 0.497 e. The molecule has 1 fully saturated rings. The number of ether oxygens (including phenoxy) is 3. The Morgan fingerprint density at radius 1 is 1.10 bits per heavy atom. The van der Waals surface area contributed by atoms with E-state index in [1.807, 2.05) is 30.3 Å². The van der Waals surface area contributed by atoms with Crippen molar-refractivity contribution >= 4 is 23.6 Å². The Morgan fingerprint density at radius 3 is 2.53 bits per heavy atom. The minimum Gasteiger partial charge on any atom is -0.497 e. The first-order chi connectivity index (χ1) is 14.6. The van der Waals surface area contributed by atoms with Gasteiger partial charge in [-0.2, -0.15) is 0 Å². The molecule has 2 aliphatic rings. The summed E-state index contributed by atoms with van der Waals surface area (Å²) in [7, 11) is 4.69. The molecule has 2 aliphatic heterocycles. The van der Waals surface area contributed by atoms with Crippen LogP contribution in [0.2, 0.25) is 0 Å². The van der Waals surface area contributed by atoms with Crippen molar-refractivity contribution in [2.24, 2.45) is 0 Å². The van der Waals surface area contributed by atoms with Gasteiger partial charge in [-0.25, -0.2) is 0 Å². The van der Waals surface area contributed by atoms with Crippen LogP contribution in [0.15, 0.2) is 36.4 Å². The van der Waals surface area contributed by atoms with Crippen LogP contribution < -0.4 is 19.5 Å². The third kappa shape index (κ3) is 3.45. The fourth-order valence-corrected chi connectivity index (χ4v) is 5.39. The number of hydrogen-bond donors (Lipinski definition) is 1. The predicted molar refractivity (Wildman–Crippen MR) is 114 cm³/mol. The maximum absolute atomic E-state index is 13.2. The monoisotopic (exact) mass is 428 g/mol. The van der Waals surface area contributed by atoms with Crippen molar-refractivity contribution in [3.63, 3.8) is 0 Å². The molecular weight excluding hydrogens is 404 g/mol. The van der Waals surface area contributed by atoms with E-state index in [1.54, 1.807) is 36.9 Å². The zero-order valence-electron chi connectivity index (χ0n) is 17.1. The normalized spacial score (nSPS) is 19.3. The van der Waals surface area contributed by atoms with E-state index in [1.165, 1.54) is 7.11 Å². The number of nitrogens with one attached hydrogen (secondary N) is 1. The van der Waals surface area contributed by atoms with Crippen LogP contribution in [0.25, 0.3) is 0 Å². The molecule has 0 bridgehead atoms. The molecule has 0 aliphatic carbocycles. The van der Waals surface area contributed by atoms with Gasteiger partial charge >= 0.3 is 0 Å². The molecule has 2 atom stereocenters. The molecule has 4 rings (SSSR count). The maximum Gasteiger partial charge on any atom is 0.260 e. The Kier molecular flexibility index (Phi) is 5.76. The van der Waals surface area contributed by atoms with Gasteiger partial charge in [-0.1, -0.05) is 18.2 Å². The number of nitrogens with zero attached hydrogens (tertiary/aromatic N) is 1. The van der Waals surface area contributed by atoms with Crippen LogP contribution in [-0.4, -0.2) is 56.4 Å². The summed E-state index contributed by atoms with van der Waals surface area (Å²) in [6.07, 6.45) is 0.707. The van der Waals surface area contributed by atoms with Gasteiger partial charge in [0.15, 0.2) is 11.5 Å². The second-order valence-corrected chi connectivity index (χ2v) is 8.18. The average Bonchev–Trinajstić information content (AvgIpc) is 3.33. The second-order valence-electron chi connectivity index (χ2n) is 7.07. The fourth-order valence-electron chi connectivity index (χ4n) is 3.93. The highest BCUT2D eigenvalue weighted by Crippen LogP contribution is 2.52. The van der Waals surface area contributed by atoms with Gasteiger partial charge in [-0.05, 0) is 30.2 Å². The number of thioether (sulfide) groups is 1. The van der Waals surface area contributed by atoms with Crippen LogP contribution in [0.4, 0.5) is 0 Å². The van der Waals surface area contributed by atoms with E-state index in [0.717, 1.165) is 16.9 Å². The van der Waals surface area contributed by atoms with Crippen molar-refractivity contribution < 1.29 is 23.8 Å². The predicted octanol–water partition coefficient (Wildman–Crippen LogP) is 2.64. The zero-order chi connectivity index (χ0) is 21.3. The van der Waals surface area contributed by atoms with Crippen LogP contribution in [0.5, 0.6) is 17.2 Å². The molecule has 2 aromatic rings. The lowest BCUT2D eigenvalue weighted by Gasteiger charge is -2.22. The summed E-state index contributed by atoms with van der Waals surface area (Å²) < 4.78 is 15.9. The molecule has 2 aromatic carbocycles. The Morgan fingerprint density at radius 2 is 1.87 bits per heavy atom. The lowest BCUT2D eigenvalue weighted by molar-refractivity contribution is -0.124. The topological polar surface area (TPSA) is 77.1 Å². The molecule has 0 saturated carbocycles. The minimum atomic E-state index is -0.508. The van der Waals surface area contributed by atoms with Crippen LogP contribution in [0, 0.1) is 0 Å². The lowest BCUT2D eigenvalue weighted by Crippen LogP contribution is -2.46. The summed E-state index contributed by atoms with van der Waals surface area (Å²) in [5, 5.41) is 2.80. The zero-order valence-corrected chi connectivity index (χ0v) is 18.0. The first kappa shape index (κ1) is 20.4. The van der Waals surface area contributed by atoms with Gasteiger partial charge in [0, 0.05) is 17.9 Å². The third-order valence-electron chi connectivity index (χ3n) is 5.47. The van der Waals surface area contributed by atoms with Crippen molar-refractivity contribution in [2.75, 3.05) is 33.6 Å². The first-order valence-corrected chi connectivity index (χ1v) is 10.7. The Bertz CT molecular complexity index is 963. The second kappa shape index (κ2) is 8.47. The van der Waals surface area contributed by atoms with Gasteiger partial charge < -0.3 is 24.4 Å². The average molecular weight is 429 g/mol. The van der Waals surface area contributed by atoms with Crippen molar-refractivity contribution in [2.45, 2.75) is 17.8 Å². The Balaban J connectivity index is 1.44. The summed E-state index contributed by atoms with van der Waals surface area (Å²) in [5.41, 5.74) is 2.47. The van der Waals surface area contributed by atoms with Crippen molar-refractivity contribution in [3.05, 3.63) is 53.1 Å². The van der Waals surface area contributed by atoms with Gasteiger partial charge in [0.25, 0.3) is 5.91 Å². The highest BCUT2D eigenvalue weighted by atomic mass is 32.2. The van der Waals surface area contributed by atoms with Gasteiger partial charge in [0.1, 0.15) is 17.2 Å². The van der Waals surface area contributed by atoms with E-state index in [4.69, 9.17) is 14.2 Å². The summed E-state index contributed by atoms with van der Waals surface area (Å²) in [6, 6.07) is 10.9. The van der Waals surface area contributed by atoms with E-state index in [0.29, 0.717) is 35.8 Å². The molecular formula is C22H24N2O5S. The van der Waals surface area contributed by atoms with E-state index >= 15 is 0 Å². The Hall–Kier alpha value is -2.87. The van der Waals surface area contributed by atoms with Crippen LogP contribution in [-0.2, 0) is 11.2 Å². The summed E-state index contributed by atoms with van der Waals surface area (Å²) in [4.78, 5) is 27.7. The van der Waals surface area contributed by atoms with E-state index < -0.39 is 6.04 Å². The molecule has 1 N–H and O–H groups in total. The molecule has 0 spiro atoms. The molecule has 1 saturated heterocycles. The highest BCUT2D eigenvalue weighted by Gasteiger charge is 2.50. The summed E-state index contributed by atoms with van der Waals surface area (Å²) in [6.45, 7) is 0.503. The molecule has 0 radical (unpaired) electrons. The van der Waals surface area contributed by atoms with Crippen LogP contribution in [0.3, 0.4) is 0 Å². The number of hydrogen-bond acceptors (Lipinski definition) is 6. The van der Waals surface area contributed by atoms with Crippen LogP contribution in [0.1, 0.15) is 26.9 Å². The van der Waals surface area contributed by atoms with E-state index in [2.05, 4.69) is 5.32 Å². The fraction of sp³-hybridized carbons (Fsp3) is 0.364. The van der Waals surface area contributed by atoms with Crippen molar-refractivity contribution in [3.8, 4) is 17.2 Å². The van der Waals surface area contributed by atoms with E-state index in [9.17, 15) is 9.59 Å².